The van der Waals surface area contributed by atoms with Gasteiger partial charge in [-0.1, -0.05) is 24.9 Å². The fraction of sp³-hybridized carbons (Fsp3) is 0.444. The largest absolute Gasteiger partial charge is 0.244 e. The Morgan fingerprint density at radius 3 is 3.08 bits per heavy atom. The molecule has 0 aromatic carbocycles. The maximum atomic E-state index is 5.73. The topological polar surface area (TPSA) is 12.9 Å². The van der Waals surface area contributed by atoms with E-state index in [2.05, 4.69) is 11.9 Å². The number of unbranched alkanes of at least 4 members (excludes halogenated alkanes) is 1. The quantitative estimate of drug-likeness (QED) is 0.419. The molecule has 1 aromatic rings. The lowest BCUT2D eigenvalue weighted by molar-refractivity contribution is 0.896. The monoisotopic (exact) mass is 201 g/mol. The van der Waals surface area contributed by atoms with Crippen molar-refractivity contribution < 1.29 is 0 Å². The van der Waals surface area contributed by atoms with Crippen molar-refractivity contribution in [2.24, 2.45) is 0 Å². The van der Waals surface area contributed by atoms with Crippen LogP contribution < -0.4 is 0 Å². The standard InChI is InChI=1S/C9H12ClNS/c1-2-3-6-12-8-4-5-11-9(10)7-8/h4-5,7H,2-3,6H2,1H3. The summed E-state index contributed by atoms with van der Waals surface area (Å²) in [4.78, 5) is 5.13. The van der Waals surface area contributed by atoms with Crippen molar-refractivity contribution in [1.29, 1.82) is 0 Å². The fourth-order valence-electron chi connectivity index (χ4n) is 0.809. The Kier molecular flexibility index (Phi) is 4.48. The summed E-state index contributed by atoms with van der Waals surface area (Å²) in [7, 11) is 0. The predicted molar refractivity (Wildman–Crippen MR) is 54.9 cm³/mol. The van der Waals surface area contributed by atoms with E-state index in [1.165, 1.54) is 17.7 Å². The van der Waals surface area contributed by atoms with Gasteiger partial charge in [-0.05, 0) is 24.3 Å². The summed E-state index contributed by atoms with van der Waals surface area (Å²) >= 11 is 7.57. The number of halogens is 1. The molecule has 1 rings (SSSR count). The maximum Gasteiger partial charge on any atom is 0.130 e. The van der Waals surface area contributed by atoms with E-state index in [0.717, 1.165) is 5.75 Å². The van der Waals surface area contributed by atoms with Crippen LogP contribution in [-0.4, -0.2) is 10.7 Å². The minimum absolute atomic E-state index is 0.580. The third kappa shape index (κ3) is 3.46. The van der Waals surface area contributed by atoms with E-state index in [1.807, 2.05) is 23.9 Å². The van der Waals surface area contributed by atoms with Gasteiger partial charge in [0.05, 0.1) is 0 Å². The summed E-state index contributed by atoms with van der Waals surface area (Å²) in [5, 5.41) is 0.580. The molecule has 0 N–H and O–H groups in total. The number of thioether (sulfide) groups is 1. The van der Waals surface area contributed by atoms with Crippen molar-refractivity contribution in [3.63, 3.8) is 0 Å². The number of nitrogens with zero attached hydrogens (tertiary/aromatic N) is 1. The van der Waals surface area contributed by atoms with Gasteiger partial charge in [-0.3, -0.25) is 0 Å². The second-order valence-corrected chi connectivity index (χ2v) is 4.07. The minimum atomic E-state index is 0.580. The average Bonchev–Trinajstić information content (AvgIpc) is 2.05. The molecule has 0 atom stereocenters. The van der Waals surface area contributed by atoms with E-state index >= 15 is 0 Å². The van der Waals surface area contributed by atoms with Gasteiger partial charge in [0.15, 0.2) is 0 Å². The van der Waals surface area contributed by atoms with Gasteiger partial charge in [0, 0.05) is 11.1 Å². The van der Waals surface area contributed by atoms with Crippen LogP contribution in [0, 0.1) is 0 Å². The molecule has 0 bridgehead atoms. The van der Waals surface area contributed by atoms with Crippen LogP contribution in [0.2, 0.25) is 5.15 Å². The van der Waals surface area contributed by atoms with E-state index in [4.69, 9.17) is 11.6 Å². The van der Waals surface area contributed by atoms with Crippen LogP contribution in [-0.2, 0) is 0 Å². The van der Waals surface area contributed by atoms with Gasteiger partial charge < -0.3 is 0 Å². The maximum absolute atomic E-state index is 5.73. The number of rotatable bonds is 4. The van der Waals surface area contributed by atoms with Crippen LogP contribution in [0.5, 0.6) is 0 Å². The molecule has 0 spiro atoms. The summed E-state index contributed by atoms with van der Waals surface area (Å²) < 4.78 is 0. The highest BCUT2D eigenvalue weighted by atomic mass is 35.5. The van der Waals surface area contributed by atoms with Gasteiger partial charge in [0.25, 0.3) is 0 Å². The van der Waals surface area contributed by atoms with Gasteiger partial charge in [-0.15, -0.1) is 11.8 Å². The molecule has 3 heteroatoms. The highest BCUT2D eigenvalue weighted by Gasteiger charge is 1.94. The van der Waals surface area contributed by atoms with E-state index in [1.54, 1.807) is 6.20 Å². The number of hydrogen-bond acceptors (Lipinski definition) is 2. The van der Waals surface area contributed by atoms with Gasteiger partial charge in [0.1, 0.15) is 5.15 Å². The van der Waals surface area contributed by atoms with E-state index in [9.17, 15) is 0 Å². The highest BCUT2D eigenvalue weighted by Crippen LogP contribution is 2.20. The highest BCUT2D eigenvalue weighted by molar-refractivity contribution is 7.99. The normalized spacial score (nSPS) is 10.2. The van der Waals surface area contributed by atoms with Crippen LogP contribution in [0.4, 0.5) is 0 Å². The molecule has 0 unspecified atom stereocenters. The Hall–Kier alpha value is -0.210. The van der Waals surface area contributed by atoms with Crippen LogP contribution in [0.3, 0.4) is 0 Å². The Bertz CT molecular complexity index is 240. The minimum Gasteiger partial charge on any atom is -0.244 e. The van der Waals surface area contributed by atoms with Crippen LogP contribution >= 0.6 is 23.4 Å². The lowest BCUT2D eigenvalue weighted by Gasteiger charge is -1.99. The molecule has 1 nitrogen and oxygen atoms in total. The molecule has 12 heavy (non-hydrogen) atoms. The number of pyridine rings is 1. The first kappa shape index (κ1) is 9.87. The SMILES string of the molecule is CCCCSc1ccnc(Cl)c1. The van der Waals surface area contributed by atoms with Crippen molar-refractivity contribution in [2.75, 3.05) is 5.75 Å². The Morgan fingerprint density at radius 2 is 2.42 bits per heavy atom. The molecule has 0 radical (unpaired) electrons. The molecule has 1 heterocycles. The van der Waals surface area contributed by atoms with Gasteiger partial charge >= 0.3 is 0 Å². The zero-order valence-electron chi connectivity index (χ0n) is 7.09. The molecule has 0 fully saturated rings. The van der Waals surface area contributed by atoms with E-state index in [0.29, 0.717) is 5.15 Å². The van der Waals surface area contributed by atoms with Crippen LogP contribution in [0.1, 0.15) is 19.8 Å². The smallest absolute Gasteiger partial charge is 0.130 e. The lowest BCUT2D eigenvalue weighted by Crippen LogP contribution is -1.79. The van der Waals surface area contributed by atoms with Crippen LogP contribution in [0.25, 0.3) is 0 Å². The second-order valence-electron chi connectivity index (χ2n) is 2.52. The summed E-state index contributed by atoms with van der Waals surface area (Å²) in [6.07, 6.45) is 4.24. The summed E-state index contributed by atoms with van der Waals surface area (Å²) in [5.41, 5.74) is 0. The first-order chi connectivity index (χ1) is 5.83. The van der Waals surface area contributed by atoms with Crippen molar-refractivity contribution in [2.45, 2.75) is 24.7 Å². The van der Waals surface area contributed by atoms with Crippen LogP contribution in [0.15, 0.2) is 23.2 Å². The summed E-state index contributed by atoms with van der Waals surface area (Å²) in [6, 6.07) is 3.90. The molecule has 66 valence electrons. The van der Waals surface area contributed by atoms with Crippen molar-refractivity contribution >= 4 is 23.4 Å². The first-order valence-electron chi connectivity index (χ1n) is 4.07. The van der Waals surface area contributed by atoms with Crippen molar-refractivity contribution in [3.8, 4) is 0 Å². The van der Waals surface area contributed by atoms with Gasteiger partial charge in [-0.25, -0.2) is 4.98 Å². The molecule has 0 amide bonds. The van der Waals surface area contributed by atoms with E-state index in [-0.39, 0.29) is 0 Å². The van der Waals surface area contributed by atoms with Gasteiger partial charge in [-0.2, -0.15) is 0 Å². The number of aromatic nitrogens is 1. The molecule has 0 saturated heterocycles. The molecular weight excluding hydrogens is 190 g/mol. The Balaban J connectivity index is 2.41. The molecule has 1 aromatic heterocycles. The number of hydrogen-bond donors (Lipinski definition) is 0. The molecule has 0 aliphatic rings. The summed E-state index contributed by atoms with van der Waals surface area (Å²) in [5.74, 6) is 1.16. The zero-order chi connectivity index (χ0) is 8.81. The summed E-state index contributed by atoms with van der Waals surface area (Å²) in [6.45, 7) is 2.19. The molecular formula is C9H12ClNS. The second kappa shape index (κ2) is 5.44. The molecule has 0 aliphatic heterocycles. The average molecular weight is 202 g/mol. The third-order valence-corrected chi connectivity index (χ3v) is 2.75. The third-order valence-electron chi connectivity index (χ3n) is 1.46. The van der Waals surface area contributed by atoms with Crippen molar-refractivity contribution in [3.05, 3.63) is 23.5 Å². The molecule has 0 aliphatic carbocycles. The van der Waals surface area contributed by atoms with Gasteiger partial charge in [0.2, 0.25) is 0 Å². The lowest BCUT2D eigenvalue weighted by atomic mass is 10.4. The Morgan fingerprint density at radius 1 is 1.58 bits per heavy atom. The fourth-order valence-corrected chi connectivity index (χ4v) is 2.07. The Labute approximate surface area is 82.5 Å². The predicted octanol–water partition coefficient (Wildman–Crippen LogP) is 3.63. The molecule has 0 saturated carbocycles. The van der Waals surface area contributed by atoms with E-state index < -0.39 is 0 Å². The first-order valence-corrected chi connectivity index (χ1v) is 5.43. The zero-order valence-corrected chi connectivity index (χ0v) is 8.66. The van der Waals surface area contributed by atoms with Crippen molar-refractivity contribution in [1.82, 2.24) is 4.98 Å².